The van der Waals surface area contributed by atoms with Gasteiger partial charge in [0.25, 0.3) is 0 Å². The van der Waals surface area contributed by atoms with Crippen LogP contribution in [0.2, 0.25) is 0 Å². The van der Waals surface area contributed by atoms with Gasteiger partial charge in [-0.2, -0.15) is 0 Å². The molecule has 0 aromatic carbocycles. The molecule has 1 aromatic rings. The van der Waals surface area contributed by atoms with Crippen LogP contribution in [0, 0.1) is 5.92 Å². The predicted molar refractivity (Wildman–Crippen MR) is 55.7 cm³/mol. The first kappa shape index (κ1) is 10.7. The highest BCUT2D eigenvalue weighted by molar-refractivity contribution is 5.90. The van der Waals surface area contributed by atoms with Crippen molar-refractivity contribution in [1.82, 2.24) is 4.98 Å². The number of nitrogens with two attached hydrogens (primary N) is 1. The molecular weight excluding hydrogens is 178 g/mol. The van der Waals surface area contributed by atoms with E-state index in [1.165, 1.54) is 0 Å². The molecule has 0 fully saturated rings. The summed E-state index contributed by atoms with van der Waals surface area (Å²) in [5.74, 6) is 0.214. The van der Waals surface area contributed by atoms with Crippen LogP contribution in [0.1, 0.15) is 13.3 Å². The van der Waals surface area contributed by atoms with Crippen LogP contribution in [0.3, 0.4) is 0 Å². The molecule has 14 heavy (non-hydrogen) atoms. The van der Waals surface area contributed by atoms with E-state index in [0.29, 0.717) is 13.0 Å². The van der Waals surface area contributed by atoms with E-state index >= 15 is 0 Å². The Labute approximate surface area is 83.5 Å². The molecule has 1 aromatic heterocycles. The van der Waals surface area contributed by atoms with Crippen LogP contribution < -0.4 is 11.1 Å². The van der Waals surface area contributed by atoms with E-state index in [9.17, 15) is 4.79 Å². The second kappa shape index (κ2) is 5.34. The van der Waals surface area contributed by atoms with Gasteiger partial charge in [-0.25, -0.2) is 0 Å². The minimum absolute atomic E-state index is 0.00542. The normalized spacial score (nSPS) is 12.1. The molecule has 0 aliphatic rings. The Bertz CT molecular complexity index is 287. The number of anilines is 1. The molecule has 0 aliphatic carbocycles. The van der Waals surface area contributed by atoms with Crippen LogP contribution in [0.25, 0.3) is 0 Å². The van der Waals surface area contributed by atoms with Crippen LogP contribution in [0.5, 0.6) is 0 Å². The first-order chi connectivity index (χ1) is 6.72. The molecule has 76 valence electrons. The SMILES string of the molecule is CC(CN)CC(=O)Nc1ccncc1. The number of hydrogen-bond acceptors (Lipinski definition) is 3. The minimum atomic E-state index is -0.00542. The Balaban J connectivity index is 2.42. The Kier molecular flexibility index (Phi) is 4.07. The van der Waals surface area contributed by atoms with Gasteiger partial charge in [-0.3, -0.25) is 9.78 Å². The maximum atomic E-state index is 11.4. The number of nitrogens with zero attached hydrogens (tertiary/aromatic N) is 1. The monoisotopic (exact) mass is 193 g/mol. The van der Waals surface area contributed by atoms with Crippen molar-refractivity contribution >= 4 is 11.6 Å². The fraction of sp³-hybridized carbons (Fsp3) is 0.400. The van der Waals surface area contributed by atoms with E-state index < -0.39 is 0 Å². The van der Waals surface area contributed by atoms with Gasteiger partial charge in [0.15, 0.2) is 0 Å². The third-order valence-corrected chi connectivity index (χ3v) is 1.90. The summed E-state index contributed by atoms with van der Waals surface area (Å²) in [6.07, 6.45) is 3.74. The summed E-state index contributed by atoms with van der Waals surface area (Å²) in [6, 6.07) is 3.51. The summed E-state index contributed by atoms with van der Waals surface area (Å²) in [7, 11) is 0. The standard InChI is InChI=1S/C10H15N3O/c1-8(7-11)6-10(14)13-9-2-4-12-5-3-9/h2-5,8H,6-7,11H2,1H3,(H,12,13,14). The first-order valence-corrected chi connectivity index (χ1v) is 4.62. The lowest BCUT2D eigenvalue weighted by atomic mass is 10.1. The summed E-state index contributed by atoms with van der Waals surface area (Å²) >= 11 is 0. The van der Waals surface area contributed by atoms with E-state index in [1.54, 1.807) is 24.5 Å². The van der Waals surface area contributed by atoms with Crippen LogP contribution in [0.4, 0.5) is 5.69 Å². The maximum Gasteiger partial charge on any atom is 0.224 e. The number of amides is 1. The zero-order chi connectivity index (χ0) is 10.4. The summed E-state index contributed by atoms with van der Waals surface area (Å²) in [5, 5.41) is 2.77. The summed E-state index contributed by atoms with van der Waals surface area (Å²) < 4.78 is 0. The van der Waals surface area contributed by atoms with Crippen LogP contribution >= 0.6 is 0 Å². The van der Waals surface area contributed by atoms with E-state index in [1.807, 2.05) is 6.92 Å². The molecule has 0 aliphatic heterocycles. The lowest BCUT2D eigenvalue weighted by molar-refractivity contribution is -0.116. The smallest absolute Gasteiger partial charge is 0.224 e. The molecule has 3 N–H and O–H groups in total. The Morgan fingerprint density at radius 1 is 1.57 bits per heavy atom. The van der Waals surface area contributed by atoms with Gasteiger partial charge in [0, 0.05) is 24.5 Å². The largest absolute Gasteiger partial charge is 0.330 e. The molecule has 1 atom stereocenters. The fourth-order valence-electron chi connectivity index (χ4n) is 1.05. The number of aromatic nitrogens is 1. The van der Waals surface area contributed by atoms with Gasteiger partial charge in [0.2, 0.25) is 5.91 Å². The fourth-order valence-corrected chi connectivity index (χ4v) is 1.05. The molecule has 0 bridgehead atoms. The number of carbonyl (C=O) groups is 1. The summed E-state index contributed by atoms with van der Waals surface area (Å²) in [6.45, 7) is 2.48. The van der Waals surface area contributed by atoms with Gasteiger partial charge in [-0.05, 0) is 24.6 Å². The van der Waals surface area contributed by atoms with Crippen molar-refractivity contribution in [2.45, 2.75) is 13.3 Å². The van der Waals surface area contributed by atoms with Gasteiger partial charge < -0.3 is 11.1 Å². The molecule has 4 heteroatoms. The lowest BCUT2D eigenvalue weighted by Gasteiger charge is -2.08. The van der Waals surface area contributed by atoms with Gasteiger partial charge in [0.1, 0.15) is 0 Å². The second-order valence-electron chi connectivity index (χ2n) is 3.33. The van der Waals surface area contributed by atoms with Gasteiger partial charge in [-0.15, -0.1) is 0 Å². The summed E-state index contributed by atoms with van der Waals surface area (Å²) in [5.41, 5.74) is 6.20. The highest BCUT2D eigenvalue weighted by Gasteiger charge is 2.06. The van der Waals surface area contributed by atoms with Crippen molar-refractivity contribution in [2.24, 2.45) is 11.7 Å². The predicted octanol–water partition coefficient (Wildman–Crippen LogP) is 1.00. The van der Waals surface area contributed by atoms with E-state index in [0.717, 1.165) is 5.69 Å². The quantitative estimate of drug-likeness (QED) is 0.749. The van der Waals surface area contributed by atoms with E-state index in [2.05, 4.69) is 10.3 Å². The lowest BCUT2D eigenvalue weighted by Crippen LogP contribution is -2.19. The second-order valence-corrected chi connectivity index (χ2v) is 3.33. The summed E-state index contributed by atoms with van der Waals surface area (Å²) in [4.78, 5) is 15.3. The molecular formula is C10H15N3O. The Morgan fingerprint density at radius 3 is 2.79 bits per heavy atom. The molecule has 1 unspecified atom stereocenters. The van der Waals surface area contributed by atoms with Crippen molar-refractivity contribution in [3.05, 3.63) is 24.5 Å². The molecule has 1 rings (SSSR count). The Hall–Kier alpha value is -1.42. The van der Waals surface area contributed by atoms with E-state index in [-0.39, 0.29) is 11.8 Å². The van der Waals surface area contributed by atoms with Crippen molar-refractivity contribution < 1.29 is 4.79 Å². The number of pyridine rings is 1. The molecule has 0 saturated heterocycles. The topological polar surface area (TPSA) is 68.0 Å². The van der Waals surface area contributed by atoms with Gasteiger partial charge in [-0.1, -0.05) is 6.92 Å². The maximum absolute atomic E-state index is 11.4. The average Bonchev–Trinajstić information content (AvgIpc) is 2.19. The number of nitrogens with one attached hydrogen (secondary N) is 1. The van der Waals surface area contributed by atoms with Crippen molar-refractivity contribution in [2.75, 3.05) is 11.9 Å². The minimum Gasteiger partial charge on any atom is -0.330 e. The average molecular weight is 193 g/mol. The van der Waals surface area contributed by atoms with E-state index in [4.69, 9.17) is 5.73 Å². The first-order valence-electron chi connectivity index (χ1n) is 4.62. The van der Waals surface area contributed by atoms with Crippen molar-refractivity contribution in [1.29, 1.82) is 0 Å². The third kappa shape index (κ3) is 3.53. The molecule has 1 amide bonds. The van der Waals surface area contributed by atoms with Crippen LogP contribution in [0.15, 0.2) is 24.5 Å². The highest BCUT2D eigenvalue weighted by Crippen LogP contribution is 2.06. The zero-order valence-corrected chi connectivity index (χ0v) is 8.23. The number of hydrogen-bond donors (Lipinski definition) is 2. The Morgan fingerprint density at radius 2 is 2.21 bits per heavy atom. The molecule has 0 saturated carbocycles. The highest BCUT2D eigenvalue weighted by atomic mass is 16.1. The number of carbonyl (C=O) groups excluding carboxylic acids is 1. The van der Waals surface area contributed by atoms with Gasteiger partial charge >= 0.3 is 0 Å². The van der Waals surface area contributed by atoms with Crippen molar-refractivity contribution in [3.8, 4) is 0 Å². The zero-order valence-electron chi connectivity index (χ0n) is 8.23. The molecule has 4 nitrogen and oxygen atoms in total. The van der Waals surface area contributed by atoms with Gasteiger partial charge in [0.05, 0.1) is 0 Å². The van der Waals surface area contributed by atoms with Crippen LogP contribution in [-0.2, 0) is 4.79 Å². The molecule has 0 spiro atoms. The van der Waals surface area contributed by atoms with Crippen molar-refractivity contribution in [3.63, 3.8) is 0 Å². The molecule has 0 radical (unpaired) electrons. The number of rotatable bonds is 4. The third-order valence-electron chi connectivity index (χ3n) is 1.90. The molecule has 1 heterocycles. The van der Waals surface area contributed by atoms with Crippen LogP contribution in [-0.4, -0.2) is 17.4 Å².